The van der Waals surface area contributed by atoms with Crippen molar-refractivity contribution in [2.45, 2.75) is 49.8 Å². The van der Waals surface area contributed by atoms with E-state index in [1.807, 2.05) is 6.92 Å². The van der Waals surface area contributed by atoms with E-state index in [-0.39, 0.29) is 24.0 Å². The zero-order valence-corrected chi connectivity index (χ0v) is 15.2. The number of aryl methyl sites for hydroxylation is 1. The lowest BCUT2D eigenvalue weighted by Gasteiger charge is -2.33. The third-order valence-corrected chi connectivity index (χ3v) is 6.44. The largest absolute Gasteiger partial charge is 0.483 e. The van der Waals surface area contributed by atoms with Gasteiger partial charge >= 0.3 is 0 Å². The zero-order valence-electron chi connectivity index (χ0n) is 14.4. The van der Waals surface area contributed by atoms with E-state index < -0.39 is 16.1 Å². The van der Waals surface area contributed by atoms with Crippen LogP contribution in [0.4, 0.5) is 0 Å². The molecule has 0 aromatic carbocycles. The van der Waals surface area contributed by atoms with Crippen molar-refractivity contribution in [3.63, 3.8) is 0 Å². The molecule has 2 fully saturated rings. The summed E-state index contributed by atoms with van der Waals surface area (Å²) in [5.41, 5.74) is 0. The highest BCUT2D eigenvalue weighted by atomic mass is 32.2. The molecule has 9 nitrogen and oxygen atoms in total. The van der Waals surface area contributed by atoms with Crippen molar-refractivity contribution < 1.29 is 23.4 Å². The summed E-state index contributed by atoms with van der Waals surface area (Å²) in [4.78, 5) is 10.8. The first-order valence-corrected chi connectivity index (χ1v) is 9.90. The maximum absolute atomic E-state index is 12.7. The molecule has 0 amide bonds. The molecular weight excluding hydrogens is 348 g/mol. The first kappa shape index (κ1) is 19.8. The topological polar surface area (TPSA) is 116 Å². The molecule has 2 aliphatic rings. The minimum Gasteiger partial charge on any atom is -0.483 e. The maximum Gasteiger partial charge on any atom is 0.290 e. The van der Waals surface area contributed by atoms with Crippen LogP contribution in [0.15, 0.2) is 17.3 Å². The SMILES string of the molecule is CCn1cc(S(=O)(=O)N2C[C@H](O)[C@@H](N3CCCCC3)C2)cn1.O=CO. The molecule has 0 saturated carbocycles. The minimum atomic E-state index is -3.57. The van der Waals surface area contributed by atoms with Crippen molar-refractivity contribution in [3.8, 4) is 0 Å². The van der Waals surface area contributed by atoms with Gasteiger partial charge in [-0.05, 0) is 32.9 Å². The lowest BCUT2D eigenvalue weighted by atomic mass is 10.1. The second-order valence-electron chi connectivity index (χ2n) is 6.19. The molecule has 2 aliphatic heterocycles. The standard InChI is InChI=1S/C14H24N4O3S.CH2O2/c1-2-17-9-12(8-15-17)22(20,21)18-10-13(14(19)11-18)16-6-4-3-5-7-16;2-1-3/h8-9,13-14,19H,2-7,10-11H2,1H3;1H,(H,2,3)/t13-,14-;/m0./s1. The fourth-order valence-electron chi connectivity index (χ4n) is 3.34. The van der Waals surface area contributed by atoms with Gasteiger partial charge in [-0.25, -0.2) is 8.42 Å². The van der Waals surface area contributed by atoms with Crippen LogP contribution in [-0.4, -0.2) is 82.4 Å². The summed E-state index contributed by atoms with van der Waals surface area (Å²) >= 11 is 0. The third-order valence-electron chi connectivity index (χ3n) is 4.66. The fourth-order valence-corrected chi connectivity index (χ4v) is 4.77. The Morgan fingerprint density at radius 2 is 1.92 bits per heavy atom. The van der Waals surface area contributed by atoms with Crippen molar-refractivity contribution in [1.82, 2.24) is 19.0 Å². The van der Waals surface area contributed by atoms with Crippen molar-refractivity contribution >= 4 is 16.5 Å². The molecule has 0 radical (unpaired) electrons. The smallest absolute Gasteiger partial charge is 0.290 e. The molecule has 0 aliphatic carbocycles. The second-order valence-corrected chi connectivity index (χ2v) is 8.13. The second kappa shape index (κ2) is 8.75. The lowest BCUT2D eigenvalue weighted by Crippen LogP contribution is -2.46. The van der Waals surface area contributed by atoms with Crippen molar-refractivity contribution in [2.24, 2.45) is 0 Å². The number of piperidine rings is 1. The number of rotatable bonds is 4. The van der Waals surface area contributed by atoms with Crippen LogP contribution < -0.4 is 0 Å². The van der Waals surface area contributed by atoms with Gasteiger partial charge in [0.25, 0.3) is 6.47 Å². The van der Waals surface area contributed by atoms with Crippen LogP contribution >= 0.6 is 0 Å². The monoisotopic (exact) mass is 374 g/mol. The van der Waals surface area contributed by atoms with E-state index >= 15 is 0 Å². The number of carboxylic acid groups (broad SMARTS) is 1. The Morgan fingerprint density at radius 3 is 2.48 bits per heavy atom. The molecule has 0 unspecified atom stereocenters. The highest BCUT2D eigenvalue weighted by molar-refractivity contribution is 7.89. The number of sulfonamides is 1. The molecule has 2 atom stereocenters. The van der Waals surface area contributed by atoms with Crippen LogP contribution in [-0.2, 0) is 21.4 Å². The van der Waals surface area contributed by atoms with Crippen molar-refractivity contribution in [3.05, 3.63) is 12.4 Å². The number of hydrogen-bond acceptors (Lipinski definition) is 6. The first-order chi connectivity index (χ1) is 11.9. The molecule has 3 heterocycles. The van der Waals surface area contributed by atoms with Crippen LogP contribution in [0.25, 0.3) is 0 Å². The maximum atomic E-state index is 12.7. The van der Waals surface area contributed by atoms with Crippen LogP contribution in [0.3, 0.4) is 0 Å². The van der Waals surface area contributed by atoms with Gasteiger partial charge in [-0.15, -0.1) is 0 Å². The number of nitrogens with zero attached hydrogens (tertiary/aromatic N) is 4. The van der Waals surface area contributed by atoms with Gasteiger partial charge < -0.3 is 10.2 Å². The predicted octanol–water partition coefficient (Wildman–Crippen LogP) is -0.176. The van der Waals surface area contributed by atoms with Gasteiger partial charge in [0.05, 0.1) is 18.3 Å². The first-order valence-electron chi connectivity index (χ1n) is 8.46. The Hall–Kier alpha value is -1.49. The Labute approximate surface area is 147 Å². The summed E-state index contributed by atoms with van der Waals surface area (Å²) in [6.45, 7) is 4.72. The number of β-amino-alcohol motifs (C(OH)–C–C–N with tert-alkyl or cyclic N) is 1. The Kier molecular flexibility index (Phi) is 6.94. The number of carbonyl (C=O) groups is 1. The summed E-state index contributed by atoms with van der Waals surface area (Å²) < 4.78 is 28.4. The number of aliphatic hydroxyl groups excluding tert-OH is 1. The van der Waals surface area contributed by atoms with Gasteiger partial charge in [0.2, 0.25) is 10.0 Å². The fraction of sp³-hybridized carbons (Fsp3) is 0.733. The average molecular weight is 374 g/mol. The zero-order chi connectivity index (χ0) is 18.4. The van der Waals surface area contributed by atoms with E-state index in [4.69, 9.17) is 9.90 Å². The van der Waals surface area contributed by atoms with E-state index in [2.05, 4.69) is 10.00 Å². The number of hydrogen-bond donors (Lipinski definition) is 2. The average Bonchev–Trinajstić information content (AvgIpc) is 3.23. The molecule has 142 valence electrons. The van der Waals surface area contributed by atoms with E-state index in [1.165, 1.54) is 16.9 Å². The normalized spacial score (nSPS) is 25.4. The molecule has 0 bridgehead atoms. The Morgan fingerprint density at radius 1 is 1.28 bits per heavy atom. The Balaban J connectivity index is 0.000000701. The summed E-state index contributed by atoms with van der Waals surface area (Å²) in [5, 5.41) is 21.2. The summed E-state index contributed by atoms with van der Waals surface area (Å²) in [7, 11) is -3.57. The number of aromatic nitrogens is 2. The summed E-state index contributed by atoms with van der Waals surface area (Å²) in [5.74, 6) is 0. The van der Waals surface area contributed by atoms with Gasteiger partial charge in [-0.1, -0.05) is 6.42 Å². The highest BCUT2D eigenvalue weighted by Crippen LogP contribution is 2.25. The van der Waals surface area contributed by atoms with Crippen LogP contribution in [0.2, 0.25) is 0 Å². The highest BCUT2D eigenvalue weighted by Gasteiger charge is 2.41. The lowest BCUT2D eigenvalue weighted by molar-refractivity contribution is -0.122. The summed E-state index contributed by atoms with van der Waals surface area (Å²) in [6, 6.07) is -0.0868. The molecule has 1 aromatic heterocycles. The Bertz CT molecular complexity index is 657. The van der Waals surface area contributed by atoms with Crippen molar-refractivity contribution in [2.75, 3.05) is 26.2 Å². The van der Waals surface area contributed by atoms with Crippen LogP contribution in [0.1, 0.15) is 26.2 Å². The van der Waals surface area contributed by atoms with Gasteiger partial charge in [0.15, 0.2) is 0 Å². The summed E-state index contributed by atoms with van der Waals surface area (Å²) in [6.07, 6.45) is 5.79. The molecular formula is C15H26N4O5S. The third kappa shape index (κ3) is 4.57. The van der Waals surface area contributed by atoms with Gasteiger partial charge in [0, 0.05) is 25.8 Å². The minimum absolute atomic E-state index is 0.0868. The van der Waals surface area contributed by atoms with Gasteiger partial charge in [0.1, 0.15) is 4.90 Å². The molecule has 2 N–H and O–H groups in total. The van der Waals surface area contributed by atoms with Crippen LogP contribution in [0.5, 0.6) is 0 Å². The van der Waals surface area contributed by atoms with E-state index in [1.54, 1.807) is 10.9 Å². The van der Waals surface area contributed by atoms with E-state index in [0.717, 1.165) is 25.9 Å². The van der Waals surface area contributed by atoms with E-state index in [0.29, 0.717) is 13.1 Å². The predicted molar refractivity (Wildman–Crippen MR) is 90.6 cm³/mol. The van der Waals surface area contributed by atoms with Gasteiger partial charge in [-0.2, -0.15) is 9.40 Å². The quantitative estimate of drug-likeness (QED) is 0.703. The van der Waals surface area contributed by atoms with Gasteiger partial charge in [-0.3, -0.25) is 14.4 Å². The molecule has 25 heavy (non-hydrogen) atoms. The molecule has 3 rings (SSSR count). The molecule has 0 spiro atoms. The molecule has 10 heteroatoms. The van der Waals surface area contributed by atoms with Crippen LogP contribution in [0, 0.1) is 0 Å². The van der Waals surface area contributed by atoms with E-state index in [9.17, 15) is 13.5 Å². The molecule has 2 saturated heterocycles. The molecule has 1 aromatic rings. The number of likely N-dealkylation sites (tertiary alicyclic amines) is 1. The number of aliphatic hydroxyl groups is 1. The van der Waals surface area contributed by atoms with Crippen molar-refractivity contribution in [1.29, 1.82) is 0 Å².